The lowest BCUT2D eigenvalue weighted by molar-refractivity contribution is -0.144. The van der Waals surface area contributed by atoms with Crippen LogP contribution < -0.4 is 5.32 Å². The first-order valence-electron chi connectivity index (χ1n) is 6.27. The van der Waals surface area contributed by atoms with Crippen LogP contribution in [0.2, 0.25) is 0 Å². The molecule has 1 fully saturated rings. The minimum Gasteiger partial charge on any atom is -0.481 e. The maximum Gasteiger partial charge on any atom is 0.308 e. The normalized spacial score (nSPS) is 24.8. The highest BCUT2D eigenvalue weighted by Gasteiger charge is 2.35. The van der Waals surface area contributed by atoms with Gasteiger partial charge in [0.15, 0.2) is 0 Å². The molecule has 6 nitrogen and oxygen atoms in total. The van der Waals surface area contributed by atoms with Gasteiger partial charge in [0.25, 0.3) is 0 Å². The monoisotopic (exact) mass is 258 g/mol. The van der Waals surface area contributed by atoms with Crippen molar-refractivity contribution in [2.24, 2.45) is 11.8 Å². The van der Waals surface area contributed by atoms with Crippen LogP contribution in [0.1, 0.15) is 13.8 Å². The van der Waals surface area contributed by atoms with E-state index >= 15 is 0 Å². The summed E-state index contributed by atoms with van der Waals surface area (Å²) < 4.78 is 5.30. The molecular weight excluding hydrogens is 236 g/mol. The molecule has 1 aliphatic heterocycles. The summed E-state index contributed by atoms with van der Waals surface area (Å²) >= 11 is 0. The van der Waals surface area contributed by atoms with Crippen LogP contribution >= 0.6 is 0 Å². The van der Waals surface area contributed by atoms with Crippen LogP contribution in [0.25, 0.3) is 0 Å². The van der Waals surface area contributed by atoms with Crippen LogP contribution in [-0.4, -0.2) is 61.3 Å². The van der Waals surface area contributed by atoms with Gasteiger partial charge in [-0.05, 0) is 14.0 Å². The van der Waals surface area contributed by atoms with E-state index in [1.165, 1.54) is 0 Å². The third-order valence-corrected chi connectivity index (χ3v) is 3.38. The smallest absolute Gasteiger partial charge is 0.308 e. The molecule has 3 unspecified atom stereocenters. The lowest BCUT2D eigenvalue weighted by atomic mass is 10.0. The Morgan fingerprint density at radius 1 is 1.50 bits per heavy atom. The Morgan fingerprint density at radius 2 is 2.17 bits per heavy atom. The predicted octanol–water partition coefficient (Wildman–Crippen LogP) is -0.210. The second-order valence-electron chi connectivity index (χ2n) is 4.66. The molecule has 104 valence electrons. The van der Waals surface area contributed by atoms with Crippen LogP contribution in [-0.2, 0) is 14.3 Å². The molecule has 0 aromatic heterocycles. The number of carboxylic acids is 1. The van der Waals surface area contributed by atoms with E-state index in [9.17, 15) is 9.59 Å². The van der Waals surface area contributed by atoms with Crippen molar-refractivity contribution in [2.75, 3.05) is 33.4 Å². The van der Waals surface area contributed by atoms with Crippen LogP contribution in [0.3, 0.4) is 0 Å². The van der Waals surface area contributed by atoms with Gasteiger partial charge in [-0.15, -0.1) is 0 Å². The highest BCUT2D eigenvalue weighted by Crippen LogP contribution is 2.17. The number of nitrogens with zero attached hydrogens (tertiary/aromatic N) is 1. The lowest BCUT2D eigenvalue weighted by Gasteiger charge is -2.27. The Bertz CT molecular complexity index is 308. The zero-order valence-corrected chi connectivity index (χ0v) is 11.2. The molecule has 0 bridgehead atoms. The van der Waals surface area contributed by atoms with Crippen molar-refractivity contribution in [1.82, 2.24) is 10.2 Å². The van der Waals surface area contributed by atoms with Gasteiger partial charge in [0.1, 0.15) is 0 Å². The molecule has 3 atom stereocenters. The van der Waals surface area contributed by atoms with Gasteiger partial charge in [-0.25, -0.2) is 0 Å². The fourth-order valence-corrected chi connectivity index (χ4v) is 2.10. The van der Waals surface area contributed by atoms with Crippen molar-refractivity contribution in [2.45, 2.75) is 19.9 Å². The zero-order valence-electron chi connectivity index (χ0n) is 11.2. The summed E-state index contributed by atoms with van der Waals surface area (Å²) in [5.74, 6) is -1.67. The molecule has 2 N–H and O–H groups in total. The van der Waals surface area contributed by atoms with Gasteiger partial charge in [-0.1, -0.05) is 6.92 Å². The molecular formula is C12H22N2O4. The van der Waals surface area contributed by atoms with Crippen molar-refractivity contribution in [3.05, 3.63) is 0 Å². The average molecular weight is 258 g/mol. The molecule has 1 rings (SSSR count). The minimum atomic E-state index is -0.880. The summed E-state index contributed by atoms with van der Waals surface area (Å²) in [6.45, 7) is 5.16. The molecule has 6 heteroatoms. The van der Waals surface area contributed by atoms with Gasteiger partial charge in [0.05, 0.1) is 25.0 Å². The Hall–Kier alpha value is -1.14. The van der Waals surface area contributed by atoms with E-state index in [2.05, 4.69) is 5.32 Å². The number of rotatable bonds is 6. The number of ether oxygens (including phenoxy) is 1. The molecule has 1 aliphatic rings. The van der Waals surface area contributed by atoms with E-state index in [0.29, 0.717) is 19.8 Å². The van der Waals surface area contributed by atoms with Crippen molar-refractivity contribution in [3.63, 3.8) is 0 Å². The largest absolute Gasteiger partial charge is 0.481 e. The van der Waals surface area contributed by atoms with Gasteiger partial charge in [0, 0.05) is 19.1 Å². The topological polar surface area (TPSA) is 78.9 Å². The Labute approximate surface area is 107 Å². The van der Waals surface area contributed by atoms with Gasteiger partial charge in [-0.3, -0.25) is 9.59 Å². The summed E-state index contributed by atoms with van der Waals surface area (Å²) in [4.78, 5) is 24.8. The zero-order chi connectivity index (χ0) is 13.7. The van der Waals surface area contributed by atoms with E-state index in [1.807, 2.05) is 6.92 Å². The Morgan fingerprint density at radius 3 is 2.67 bits per heavy atom. The number of carbonyl (C=O) groups is 2. The first-order chi connectivity index (χ1) is 8.51. The number of amides is 1. The number of hydrogen-bond acceptors (Lipinski definition) is 4. The van der Waals surface area contributed by atoms with E-state index in [-0.39, 0.29) is 24.4 Å². The van der Waals surface area contributed by atoms with Crippen LogP contribution in [0, 0.1) is 11.8 Å². The van der Waals surface area contributed by atoms with Crippen molar-refractivity contribution >= 4 is 11.9 Å². The molecule has 0 aromatic rings. The van der Waals surface area contributed by atoms with Gasteiger partial charge < -0.3 is 20.1 Å². The molecule has 1 heterocycles. The number of nitrogens with one attached hydrogen (secondary N) is 1. The molecule has 0 saturated carbocycles. The lowest BCUT2D eigenvalue weighted by Crippen LogP contribution is -2.46. The first kappa shape index (κ1) is 14.9. The van der Waals surface area contributed by atoms with E-state index < -0.39 is 11.9 Å². The van der Waals surface area contributed by atoms with Gasteiger partial charge in [0.2, 0.25) is 5.91 Å². The average Bonchev–Trinajstić information content (AvgIpc) is 2.82. The molecule has 1 amide bonds. The molecule has 18 heavy (non-hydrogen) atoms. The maximum absolute atomic E-state index is 12.3. The molecule has 0 spiro atoms. The number of likely N-dealkylation sites (N-methyl/N-ethyl adjacent to an activating group) is 1. The Balaban J connectivity index is 2.64. The quantitative estimate of drug-likeness (QED) is 0.689. The van der Waals surface area contributed by atoms with E-state index in [4.69, 9.17) is 9.84 Å². The fraction of sp³-hybridized carbons (Fsp3) is 0.833. The van der Waals surface area contributed by atoms with Crippen molar-refractivity contribution < 1.29 is 19.4 Å². The van der Waals surface area contributed by atoms with Crippen LogP contribution in [0.15, 0.2) is 0 Å². The third-order valence-electron chi connectivity index (χ3n) is 3.38. The standard InChI is InChI=1S/C12H22N2O4/c1-4-14(5-8(2)12(16)17)11(15)9-6-18-7-10(9)13-3/h8-10,13H,4-7H2,1-3H3,(H,16,17). The second-order valence-corrected chi connectivity index (χ2v) is 4.66. The third kappa shape index (κ3) is 3.43. The number of carboxylic acid groups (broad SMARTS) is 1. The molecule has 0 radical (unpaired) electrons. The maximum atomic E-state index is 12.3. The first-order valence-corrected chi connectivity index (χ1v) is 6.27. The van der Waals surface area contributed by atoms with Crippen molar-refractivity contribution in [3.8, 4) is 0 Å². The molecule has 0 aliphatic carbocycles. The summed E-state index contributed by atoms with van der Waals surface area (Å²) in [6, 6.07) is 0.0201. The molecule has 0 aromatic carbocycles. The summed E-state index contributed by atoms with van der Waals surface area (Å²) in [5.41, 5.74) is 0. The van der Waals surface area contributed by atoms with Gasteiger partial charge in [-0.2, -0.15) is 0 Å². The van der Waals surface area contributed by atoms with Crippen LogP contribution in [0.5, 0.6) is 0 Å². The summed E-state index contributed by atoms with van der Waals surface area (Å²) in [7, 11) is 1.80. The highest BCUT2D eigenvalue weighted by molar-refractivity contribution is 5.81. The fourth-order valence-electron chi connectivity index (χ4n) is 2.10. The summed E-state index contributed by atoms with van der Waals surface area (Å²) in [5, 5.41) is 12.0. The predicted molar refractivity (Wildman–Crippen MR) is 66.2 cm³/mol. The highest BCUT2D eigenvalue weighted by atomic mass is 16.5. The van der Waals surface area contributed by atoms with E-state index in [0.717, 1.165) is 0 Å². The van der Waals surface area contributed by atoms with E-state index in [1.54, 1.807) is 18.9 Å². The van der Waals surface area contributed by atoms with Gasteiger partial charge >= 0.3 is 5.97 Å². The van der Waals surface area contributed by atoms with Crippen molar-refractivity contribution in [1.29, 1.82) is 0 Å². The minimum absolute atomic E-state index is 0.0201. The molecule has 1 saturated heterocycles. The SMILES string of the molecule is CCN(CC(C)C(=O)O)C(=O)C1COCC1NC. The Kier molecular flexibility index (Phi) is 5.55. The number of carbonyl (C=O) groups excluding carboxylic acids is 1. The summed E-state index contributed by atoms with van der Waals surface area (Å²) in [6.07, 6.45) is 0. The second kappa shape index (κ2) is 6.70. The number of hydrogen-bond donors (Lipinski definition) is 2. The van der Waals surface area contributed by atoms with Crippen LogP contribution in [0.4, 0.5) is 0 Å². The number of aliphatic carboxylic acids is 1.